The number of hydrogen-bond donors (Lipinski definition) is 2. The molecule has 4 rings (SSSR count). The van der Waals surface area contributed by atoms with Gasteiger partial charge in [0.05, 0.1) is 23.6 Å². The number of aryl methyl sites for hydroxylation is 1. The first-order valence-electron chi connectivity index (χ1n) is 10.5. The first kappa shape index (κ1) is 21.8. The number of ether oxygens (including phenoxy) is 1. The average molecular weight is 439 g/mol. The standard InChI is InChI=1S/C23H26FN5O3/c1-14-4-7-18(8-5-14)29-21(30)11-25-22(27-29)23(31)26-17-6-9-20(19(24)10-17)28-12-15(2)32-16(3)13-28/h4-10,15-16H,11-13H2,1-3H3,(H,25,27)(H,26,31). The summed E-state index contributed by atoms with van der Waals surface area (Å²) in [6.07, 6.45) is 0.0132. The van der Waals surface area contributed by atoms with Crippen LogP contribution >= 0.6 is 0 Å². The number of nitrogens with one attached hydrogen (secondary N) is 2. The number of amides is 2. The van der Waals surface area contributed by atoms with Crippen LogP contribution in [-0.4, -0.2) is 49.5 Å². The lowest BCUT2D eigenvalue weighted by molar-refractivity contribution is -0.118. The SMILES string of the molecule is Cc1ccc(N2NC(C(=O)Nc3ccc(N4CC(C)OC(C)C4)c(F)c3)=NCC2=O)cc1. The van der Waals surface area contributed by atoms with Gasteiger partial charge in [0.25, 0.3) is 11.8 Å². The van der Waals surface area contributed by atoms with E-state index >= 15 is 0 Å². The van der Waals surface area contributed by atoms with Gasteiger partial charge in [0.2, 0.25) is 5.84 Å². The van der Waals surface area contributed by atoms with Crippen molar-refractivity contribution >= 4 is 34.7 Å². The van der Waals surface area contributed by atoms with Gasteiger partial charge in [-0.15, -0.1) is 0 Å². The van der Waals surface area contributed by atoms with E-state index in [2.05, 4.69) is 15.7 Å². The number of anilines is 3. The summed E-state index contributed by atoms with van der Waals surface area (Å²) in [6, 6.07) is 11.9. The highest BCUT2D eigenvalue weighted by Crippen LogP contribution is 2.26. The van der Waals surface area contributed by atoms with Crippen molar-refractivity contribution in [2.45, 2.75) is 33.0 Å². The molecule has 2 amide bonds. The molecule has 2 aromatic carbocycles. The number of amidine groups is 1. The van der Waals surface area contributed by atoms with Gasteiger partial charge in [0.15, 0.2) is 0 Å². The van der Waals surface area contributed by atoms with Crippen LogP contribution in [0, 0.1) is 12.7 Å². The quantitative estimate of drug-likeness (QED) is 0.765. The topological polar surface area (TPSA) is 86.3 Å². The van der Waals surface area contributed by atoms with Crippen molar-refractivity contribution in [1.29, 1.82) is 0 Å². The van der Waals surface area contributed by atoms with E-state index < -0.39 is 11.7 Å². The van der Waals surface area contributed by atoms with Crippen LogP contribution in [0.5, 0.6) is 0 Å². The molecule has 0 bridgehead atoms. The predicted octanol–water partition coefficient (Wildman–Crippen LogP) is 2.64. The molecule has 2 aromatic rings. The van der Waals surface area contributed by atoms with Crippen molar-refractivity contribution in [2.24, 2.45) is 4.99 Å². The Morgan fingerprint density at radius 2 is 1.84 bits per heavy atom. The number of halogens is 1. The number of morpholine rings is 1. The van der Waals surface area contributed by atoms with E-state index in [4.69, 9.17) is 4.74 Å². The number of rotatable bonds is 4. The minimum atomic E-state index is -0.560. The molecule has 9 heteroatoms. The Hall–Kier alpha value is -3.46. The van der Waals surface area contributed by atoms with Gasteiger partial charge in [0, 0.05) is 18.8 Å². The second-order valence-electron chi connectivity index (χ2n) is 8.12. The molecule has 2 atom stereocenters. The Bertz CT molecular complexity index is 1050. The van der Waals surface area contributed by atoms with Crippen LogP contribution < -0.4 is 20.7 Å². The molecule has 2 heterocycles. The van der Waals surface area contributed by atoms with Gasteiger partial charge >= 0.3 is 0 Å². The largest absolute Gasteiger partial charge is 0.372 e. The average Bonchev–Trinajstić information content (AvgIpc) is 2.74. The van der Waals surface area contributed by atoms with Crippen LogP contribution in [0.25, 0.3) is 0 Å². The maximum atomic E-state index is 14.8. The van der Waals surface area contributed by atoms with Crippen molar-refractivity contribution in [3.05, 3.63) is 53.8 Å². The zero-order valence-corrected chi connectivity index (χ0v) is 18.3. The highest BCUT2D eigenvalue weighted by Gasteiger charge is 2.27. The molecule has 0 aromatic heterocycles. The number of nitrogens with zero attached hydrogens (tertiary/aromatic N) is 3. The molecule has 0 spiro atoms. The van der Waals surface area contributed by atoms with Crippen molar-refractivity contribution in [3.63, 3.8) is 0 Å². The zero-order valence-electron chi connectivity index (χ0n) is 18.3. The lowest BCUT2D eigenvalue weighted by Gasteiger charge is -2.37. The van der Waals surface area contributed by atoms with Crippen molar-refractivity contribution in [1.82, 2.24) is 5.43 Å². The van der Waals surface area contributed by atoms with E-state index in [0.29, 0.717) is 30.2 Å². The number of hydrogen-bond acceptors (Lipinski definition) is 6. The molecule has 2 aliphatic heterocycles. The number of carbonyl (C=O) groups is 2. The summed E-state index contributed by atoms with van der Waals surface area (Å²) in [7, 11) is 0. The first-order chi connectivity index (χ1) is 15.3. The third kappa shape index (κ3) is 4.72. The number of carbonyl (C=O) groups excluding carboxylic acids is 2. The Morgan fingerprint density at radius 1 is 1.16 bits per heavy atom. The van der Waals surface area contributed by atoms with Crippen LogP contribution in [0.1, 0.15) is 19.4 Å². The zero-order chi connectivity index (χ0) is 22.8. The third-order valence-electron chi connectivity index (χ3n) is 5.31. The van der Waals surface area contributed by atoms with Crippen LogP contribution in [0.4, 0.5) is 21.5 Å². The summed E-state index contributed by atoms with van der Waals surface area (Å²) in [6.45, 7) is 6.88. The van der Waals surface area contributed by atoms with Gasteiger partial charge in [-0.1, -0.05) is 17.7 Å². The third-order valence-corrected chi connectivity index (χ3v) is 5.31. The fourth-order valence-corrected chi connectivity index (χ4v) is 3.85. The molecule has 0 radical (unpaired) electrons. The predicted molar refractivity (Wildman–Crippen MR) is 121 cm³/mol. The van der Waals surface area contributed by atoms with Crippen LogP contribution in [0.2, 0.25) is 0 Å². The van der Waals surface area contributed by atoms with Gasteiger partial charge in [0.1, 0.15) is 12.4 Å². The molecule has 2 unspecified atom stereocenters. The van der Waals surface area contributed by atoms with Crippen LogP contribution in [-0.2, 0) is 14.3 Å². The molecule has 2 N–H and O–H groups in total. The maximum absolute atomic E-state index is 14.8. The molecule has 1 fully saturated rings. The highest BCUT2D eigenvalue weighted by atomic mass is 19.1. The molecule has 1 saturated heterocycles. The van der Waals surface area contributed by atoms with E-state index in [1.807, 2.05) is 37.8 Å². The molecule has 0 saturated carbocycles. The minimum absolute atomic E-state index is 0.00658. The molecular weight excluding hydrogens is 413 g/mol. The van der Waals surface area contributed by atoms with E-state index in [0.717, 1.165) is 5.56 Å². The summed E-state index contributed by atoms with van der Waals surface area (Å²) in [5.74, 6) is -1.30. The second kappa shape index (κ2) is 8.96. The van der Waals surface area contributed by atoms with Gasteiger partial charge in [-0.05, 0) is 51.1 Å². The molecule has 2 aliphatic rings. The second-order valence-corrected chi connectivity index (χ2v) is 8.12. The van der Waals surface area contributed by atoms with Gasteiger partial charge in [-0.25, -0.2) is 9.40 Å². The van der Waals surface area contributed by atoms with E-state index in [1.54, 1.807) is 24.3 Å². The van der Waals surface area contributed by atoms with E-state index in [-0.39, 0.29) is 30.5 Å². The van der Waals surface area contributed by atoms with Gasteiger partial charge in [-0.2, -0.15) is 0 Å². The monoisotopic (exact) mass is 439 g/mol. The Balaban J connectivity index is 1.45. The van der Waals surface area contributed by atoms with Gasteiger partial charge < -0.3 is 15.0 Å². The number of aliphatic imine (C=N–C) groups is 1. The minimum Gasteiger partial charge on any atom is -0.372 e. The van der Waals surface area contributed by atoms with Crippen molar-refractivity contribution in [2.75, 3.05) is 34.9 Å². The molecule has 32 heavy (non-hydrogen) atoms. The Labute approximate surface area is 186 Å². The summed E-state index contributed by atoms with van der Waals surface area (Å²) < 4.78 is 20.5. The normalized spacial score (nSPS) is 21.1. The van der Waals surface area contributed by atoms with E-state index in [9.17, 15) is 14.0 Å². The molecular formula is C23H26FN5O3. The Morgan fingerprint density at radius 3 is 2.50 bits per heavy atom. The summed E-state index contributed by atoms with van der Waals surface area (Å²) >= 11 is 0. The smallest absolute Gasteiger partial charge is 0.292 e. The van der Waals surface area contributed by atoms with Crippen LogP contribution in [0.15, 0.2) is 47.5 Å². The fraction of sp³-hybridized carbons (Fsp3) is 0.348. The lowest BCUT2D eigenvalue weighted by atomic mass is 10.2. The summed E-state index contributed by atoms with van der Waals surface area (Å²) in [4.78, 5) is 30.9. The number of benzene rings is 2. The van der Waals surface area contributed by atoms with Gasteiger partial charge in [-0.3, -0.25) is 20.0 Å². The number of hydrazine groups is 1. The molecule has 168 valence electrons. The van der Waals surface area contributed by atoms with Crippen LogP contribution in [0.3, 0.4) is 0 Å². The van der Waals surface area contributed by atoms with Crippen molar-refractivity contribution in [3.8, 4) is 0 Å². The molecule has 8 nitrogen and oxygen atoms in total. The maximum Gasteiger partial charge on any atom is 0.292 e. The summed E-state index contributed by atoms with van der Waals surface area (Å²) in [5.41, 5.74) is 5.17. The van der Waals surface area contributed by atoms with Crippen molar-refractivity contribution < 1.29 is 18.7 Å². The summed E-state index contributed by atoms with van der Waals surface area (Å²) in [5, 5.41) is 3.93. The van der Waals surface area contributed by atoms with E-state index in [1.165, 1.54) is 11.1 Å². The first-order valence-corrected chi connectivity index (χ1v) is 10.5. The Kier molecular flexibility index (Phi) is 6.09. The fourth-order valence-electron chi connectivity index (χ4n) is 3.85. The highest BCUT2D eigenvalue weighted by molar-refractivity contribution is 6.43. The lowest BCUT2D eigenvalue weighted by Crippen LogP contribution is -2.54. The molecule has 0 aliphatic carbocycles.